The molecule has 6 nitrogen and oxygen atoms in total. The second-order valence-corrected chi connectivity index (χ2v) is 8.55. The van der Waals surface area contributed by atoms with E-state index in [0.717, 1.165) is 16.9 Å². The van der Waals surface area contributed by atoms with Gasteiger partial charge < -0.3 is 19.6 Å². The van der Waals surface area contributed by atoms with Crippen LogP contribution in [0.5, 0.6) is 5.75 Å². The van der Waals surface area contributed by atoms with Crippen LogP contribution in [0.1, 0.15) is 49.4 Å². The van der Waals surface area contributed by atoms with Crippen molar-refractivity contribution >= 4 is 17.4 Å². The summed E-state index contributed by atoms with van der Waals surface area (Å²) in [6.07, 6.45) is 0. The number of carbonyl (C=O) groups excluding carboxylic acids is 2. The third kappa shape index (κ3) is 4.70. The van der Waals surface area contributed by atoms with Gasteiger partial charge >= 0.3 is 0 Å². The molecule has 2 aromatic rings. The summed E-state index contributed by atoms with van der Waals surface area (Å²) in [4.78, 5) is 29.6. The normalized spacial score (nSPS) is 18.1. The smallest absolute Gasteiger partial charge is 0.295 e. The predicted octanol–water partition coefficient (Wildman–Crippen LogP) is 4.19. The second kappa shape index (κ2) is 10.0. The highest BCUT2D eigenvalue weighted by atomic mass is 16.5. The van der Waals surface area contributed by atoms with Gasteiger partial charge in [0.2, 0.25) is 0 Å². The summed E-state index contributed by atoms with van der Waals surface area (Å²) in [5.74, 6) is -0.483. The average Bonchev–Trinajstić information content (AvgIpc) is 3.02. The number of likely N-dealkylation sites (tertiary alicyclic amines) is 1. The van der Waals surface area contributed by atoms with Crippen molar-refractivity contribution < 1.29 is 19.4 Å². The summed E-state index contributed by atoms with van der Waals surface area (Å²) in [5.41, 5.74) is 2.36. The molecular weight excluding hydrogens is 404 g/mol. The summed E-state index contributed by atoms with van der Waals surface area (Å²) in [5, 5.41) is 11.3. The van der Waals surface area contributed by atoms with Crippen molar-refractivity contribution in [2.75, 3.05) is 33.8 Å². The van der Waals surface area contributed by atoms with Crippen LogP contribution in [0.4, 0.5) is 0 Å². The summed E-state index contributed by atoms with van der Waals surface area (Å²) in [7, 11) is 3.84. The van der Waals surface area contributed by atoms with Crippen LogP contribution in [0.15, 0.2) is 54.1 Å². The van der Waals surface area contributed by atoms with Crippen LogP contribution >= 0.6 is 0 Å². The highest BCUT2D eigenvalue weighted by Crippen LogP contribution is 2.40. The molecule has 1 saturated heterocycles. The zero-order valence-electron chi connectivity index (χ0n) is 19.5. The highest BCUT2D eigenvalue weighted by molar-refractivity contribution is 6.46. The number of nitrogens with zero attached hydrogens (tertiary/aromatic N) is 2. The van der Waals surface area contributed by atoms with Gasteiger partial charge in [0.05, 0.1) is 18.2 Å². The summed E-state index contributed by atoms with van der Waals surface area (Å²) in [6, 6.07) is 14.1. The Morgan fingerprint density at radius 2 is 1.81 bits per heavy atom. The molecule has 1 amide bonds. The molecule has 0 radical (unpaired) electrons. The zero-order chi connectivity index (χ0) is 23.4. The second-order valence-electron chi connectivity index (χ2n) is 8.55. The molecule has 1 aliphatic rings. The molecule has 1 fully saturated rings. The van der Waals surface area contributed by atoms with Gasteiger partial charge in [-0.15, -0.1) is 0 Å². The number of rotatable bonds is 8. The van der Waals surface area contributed by atoms with Crippen LogP contribution in [-0.2, 0) is 9.59 Å². The lowest BCUT2D eigenvalue weighted by Gasteiger charge is -2.26. The number of ether oxygens (including phenoxy) is 1. The van der Waals surface area contributed by atoms with Gasteiger partial charge in [-0.05, 0) is 56.3 Å². The fourth-order valence-corrected chi connectivity index (χ4v) is 3.99. The van der Waals surface area contributed by atoms with Crippen LogP contribution in [0.25, 0.3) is 5.76 Å². The number of hydrogen-bond acceptors (Lipinski definition) is 5. The van der Waals surface area contributed by atoms with Crippen molar-refractivity contribution in [3.05, 3.63) is 70.8 Å². The van der Waals surface area contributed by atoms with E-state index in [9.17, 15) is 14.7 Å². The van der Waals surface area contributed by atoms with Gasteiger partial charge in [0.25, 0.3) is 11.7 Å². The van der Waals surface area contributed by atoms with E-state index < -0.39 is 17.7 Å². The Bertz CT molecular complexity index is 1010. The summed E-state index contributed by atoms with van der Waals surface area (Å²) < 4.78 is 5.73. The maximum atomic E-state index is 13.1. The highest BCUT2D eigenvalue weighted by Gasteiger charge is 2.45. The van der Waals surface area contributed by atoms with Crippen molar-refractivity contribution in [2.45, 2.75) is 32.7 Å². The Morgan fingerprint density at radius 1 is 1.12 bits per heavy atom. The fraction of sp³-hybridized carbons (Fsp3) is 0.385. The first-order valence-electron chi connectivity index (χ1n) is 11.0. The van der Waals surface area contributed by atoms with Crippen molar-refractivity contribution in [3.63, 3.8) is 0 Å². The molecule has 1 heterocycles. The molecule has 1 unspecified atom stereocenters. The Morgan fingerprint density at radius 3 is 2.41 bits per heavy atom. The third-order valence-electron chi connectivity index (χ3n) is 5.65. The molecule has 170 valence electrons. The van der Waals surface area contributed by atoms with E-state index in [1.165, 1.54) is 0 Å². The van der Waals surface area contributed by atoms with Gasteiger partial charge in [-0.2, -0.15) is 0 Å². The van der Waals surface area contributed by atoms with Crippen LogP contribution in [0.2, 0.25) is 0 Å². The number of likely N-dealkylation sites (N-methyl/N-ethyl adjacent to an activating group) is 1. The van der Waals surface area contributed by atoms with E-state index in [-0.39, 0.29) is 17.3 Å². The number of benzene rings is 2. The van der Waals surface area contributed by atoms with Crippen LogP contribution in [0, 0.1) is 0 Å². The molecule has 0 aliphatic carbocycles. The minimum Gasteiger partial charge on any atom is -0.507 e. The average molecular weight is 437 g/mol. The maximum absolute atomic E-state index is 13.1. The number of aliphatic hydroxyl groups is 1. The SMILES string of the molecule is CCOc1ccc(/C(O)=C2/C(=O)C(=O)N(CCN(C)C)C2c2ccccc2)cc1C(C)C. The first-order chi connectivity index (χ1) is 15.3. The zero-order valence-corrected chi connectivity index (χ0v) is 19.5. The Balaban J connectivity index is 2.14. The Hall–Kier alpha value is -3.12. The largest absolute Gasteiger partial charge is 0.507 e. The van der Waals surface area contributed by atoms with Crippen LogP contribution < -0.4 is 4.74 Å². The lowest BCUT2D eigenvalue weighted by molar-refractivity contribution is -0.140. The Labute approximate surface area is 190 Å². The van der Waals surface area contributed by atoms with Crippen LogP contribution in [-0.4, -0.2) is 60.4 Å². The van der Waals surface area contributed by atoms with Crippen molar-refractivity contribution in [1.29, 1.82) is 0 Å². The first kappa shape index (κ1) is 23.5. The standard InChI is InChI=1S/C26H32N2O4/c1-6-32-21-13-12-19(16-20(21)17(2)3)24(29)22-23(18-10-8-7-9-11-18)28(15-14-27(4)5)26(31)25(22)30/h7-13,16-17,23,29H,6,14-15H2,1-5H3/b24-22-. The molecule has 32 heavy (non-hydrogen) atoms. The van der Waals surface area contributed by atoms with Crippen molar-refractivity contribution in [3.8, 4) is 5.75 Å². The molecular formula is C26H32N2O4. The van der Waals surface area contributed by atoms with Crippen molar-refractivity contribution in [2.24, 2.45) is 0 Å². The molecule has 1 N–H and O–H groups in total. The predicted molar refractivity (Wildman–Crippen MR) is 126 cm³/mol. The monoisotopic (exact) mass is 436 g/mol. The minimum absolute atomic E-state index is 0.124. The molecule has 0 aromatic heterocycles. The minimum atomic E-state index is -0.657. The quantitative estimate of drug-likeness (QED) is 0.382. The van der Waals surface area contributed by atoms with E-state index in [2.05, 4.69) is 0 Å². The molecule has 2 aromatic carbocycles. The van der Waals surface area contributed by atoms with E-state index in [0.29, 0.717) is 25.3 Å². The lowest BCUT2D eigenvalue weighted by Crippen LogP contribution is -2.35. The van der Waals surface area contributed by atoms with Gasteiger partial charge in [-0.3, -0.25) is 9.59 Å². The molecule has 0 spiro atoms. The number of aliphatic hydroxyl groups excluding tert-OH is 1. The van der Waals surface area contributed by atoms with Gasteiger partial charge in [0.1, 0.15) is 11.5 Å². The van der Waals surface area contributed by atoms with E-state index in [4.69, 9.17) is 4.74 Å². The van der Waals surface area contributed by atoms with E-state index in [1.54, 1.807) is 11.0 Å². The topological polar surface area (TPSA) is 70.1 Å². The van der Waals surface area contributed by atoms with Gasteiger partial charge in [0, 0.05) is 18.7 Å². The fourth-order valence-electron chi connectivity index (χ4n) is 3.99. The molecule has 3 rings (SSSR count). The number of hydrogen-bond donors (Lipinski definition) is 1. The molecule has 6 heteroatoms. The van der Waals surface area contributed by atoms with Gasteiger partial charge in [-0.1, -0.05) is 44.2 Å². The summed E-state index contributed by atoms with van der Waals surface area (Å²) in [6.45, 7) is 7.55. The summed E-state index contributed by atoms with van der Waals surface area (Å²) >= 11 is 0. The molecule has 0 bridgehead atoms. The maximum Gasteiger partial charge on any atom is 0.295 e. The molecule has 1 atom stereocenters. The first-order valence-corrected chi connectivity index (χ1v) is 11.0. The third-order valence-corrected chi connectivity index (χ3v) is 5.65. The van der Waals surface area contributed by atoms with E-state index in [1.807, 2.05) is 82.2 Å². The van der Waals surface area contributed by atoms with Crippen LogP contribution in [0.3, 0.4) is 0 Å². The Kier molecular flexibility index (Phi) is 7.36. The lowest BCUT2D eigenvalue weighted by atomic mass is 9.93. The number of carbonyl (C=O) groups is 2. The number of Topliss-reactive ketones (excluding diaryl/α,β-unsaturated/α-hetero) is 1. The van der Waals surface area contributed by atoms with Gasteiger partial charge in [0.15, 0.2) is 0 Å². The number of amides is 1. The number of ketones is 1. The molecule has 0 saturated carbocycles. The van der Waals surface area contributed by atoms with Gasteiger partial charge in [-0.25, -0.2) is 0 Å². The van der Waals surface area contributed by atoms with Crippen molar-refractivity contribution in [1.82, 2.24) is 9.80 Å². The molecule has 1 aliphatic heterocycles. The van der Waals surface area contributed by atoms with E-state index >= 15 is 0 Å².